The van der Waals surface area contributed by atoms with Gasteiger partial charge in [0.25, 0.3) is 0 Å². The first-order valence-electron chi connectivity index (χ1n) is 6.61. The topological polar surface area (TPSA) is 34.6 Å². The Bertz CT molecular complexity index is 587. The monoisotopic (exact) mass is 294 g/mol. The molecule has 0 bridgehead atoms. The summed E-state index contributed by atoms with van der Waals surface area (Å²) < 4.78 is 11.3. The molecule has 2 aromatic rings. The minimum absolute atomic E-state index is 0.538. The second kappa shape index (κ2) is 6.77. The van der Waals surface area contributed by atoms with E-state index in [1.54, 1.807) is 0 Å². The van der Waals surface area contributed by atoms with Crippen LogP contribution in [0.4, 0.5) is 0 Å². The van der Waals surface area contributed by atoms with E-state index in [0.29, 0.717) is 29.6 Å². The van der Waals surface area contributed by atoms with Gasteiger partial charge in [0.2, 0.25) is 5.88 Å². The number of hydrogen-bond acceptors (Lipinski definition) is 4. The molecule has 0 amide bonds. The molecule has 2 rings (SSSR count). The van der Waals surface area contributed by atoms with E-state index in [4.69, 9.17) is 21.1 Å². The van der Waals surface area contributed by atoms with E-state index < -0.39 is 0 Å². The predicted molar refractivity (Wildman–Crippen MR) is 82.0 cm³/mol. The standard InChI is InChI=1S/C15H19ClN2O2/c1-4-19-13-10-14(20-9-8-18(2)3)17-15-11(13)6-5-7-12(15)16/h5-7,10H,4,8-9H2,1-3H3. The summed E-state index contributed by atoms with van der Waals surface area (Å²) in [4.78, 5) is 6.51. The first-order chi connectivity index (χ1) is 9.61. The van der Waals surface area contributed by atoms with Gasteiger partial charge in [-0.15, -0.1) is 0 Å². The molecule has 1 aromatic heterocycles. The molecule has 0 radical (unpaired) electrons. The molecule has 0 unspecified atom stereocenters. The summed E-state index contributed by atoms with van der Waals surface area (Å²) in [6.45, 7) is 3.93. The minimum Gasteiger partial charge on any atom is -0.493 e. The fourth-order valence-corrected chi connectivity index (χ4v) is 2.06. The zero-order chi connectivity index (χ0) is 14.5. The second-order valence-corrected chi connectivity index (χ2v) is 5.09. The van der Waals surface area contributed by atoms with Crippen molar-refractivity contribution in [2.75, 3.05) is 33.9 Å². The highest BCUT2D eigenvalue weighted by Gasteiger charge is 2.10. The van der Waals surface area contributed by atoms with Crippen molar-refractivity contribution < 1.29 is 9.47 Å². The molecule has 0 saturated heterocycles. The average Bonchev–Trinajstić information content (AvgIpc) is 2.40. The van der Waals surface area contributed by atoms with E-state index in [0.717, 1.165) is 17.7 Å². The average molecular weight is 295 g/mol. The lowest BCUT2D eigenvalue weighted by Crippen LogP contribution is -2.19. The van der Waals surface area contributed by atoms with Gasteiger partial charge in [0.1, 0.15) is 12.4 Å². The minimum atomic E-state index is 0.538. The molecule has 0 spiro atoms. The Morgan fingerprint density at radius 3 is 2.75 bits per heavy atom. The Morgan fingerprint density at radius 1 is 1.25 bits per heavy atom. The van der Waals surface area contributed by atoms with Crippen LogP contribution in [0, 0.1) is 0 Å². The van der Waals surface area contributed by atoms with Gasteiger partial charge in [-0.3, -0.25) is 0 Å². The molecule has 108 valence electrons. The van der Waals surface area contributed by atoms with E-state index in [2.05, 4.69) is 9.88 Å². The Labute approximate surface area is 124 Å². The van der Waals surface area contributed by atoms with Crippen LogP contribution in [0.1, 0.15) is 6.92 Å². The summed E-state index contributed by atoms with van der Waals surface area (Å²) in [6, 6.07) is 7.47. The fourth-order valence-electron chi connectivity index (χ4n) is 1.84. The summed E-state index contributed by atoms with van der Waals surface area (Å²) in [5, 5.41) is 1.50. The molecule has 0 atom stereocenters. The van der Waals surface area contributed by atoms with Gasteiger partial charge in [-0.1, -0.05) is 17.7 Å². The Morgan fingerprint density at radius 2 is 2.05 bits per heavy atom. The van der Waals surface area contributed by atoms with E-state index in [1.807, 2.05) is 45.3 Å². The highest BCUT2D eigenvalue weighted by Crippen LogP contribution is 2.32. The number of pyridine rings is 1. The molecular formula is C15H19ClN2O2. The van der Waals surface area contributed by atoms with Crippen LogP contribution in [0.25, 0.3) is 10.9 Å². The summed E-state index contributed by atoms with van der Waals surface area (Å²) in [5.41, 5.74) is 0.708. The van der Waals surface area contributed by atoms with Gasteiger partial charge in [0.15, 0.2) is 0 Å². The highest BCUT2D eigenvalue weighted by atomic mass is 35.5. The quantitative estimate of drug-likeness (QED) is 0.819. The van der Waals surface area contributed by atoms with Crippen molar-refractivity contribution in [3.63, 3.8) is 0 Å². The SMILES string of the molecule is CCOc1cc(OCCN(C)C)nc2c(Cl)cccc12. The Hall–Kier alpha value is -1.52. The van der Waals surface area contributed by atoms with Crippen LogP contribution in [0.2, 0.25) is 5.02 Å². The predicted octanol–water partition coefficient (Wildman–Crippen LogP) is 3.23. The number of rotatable bonds is 6. The third-order valence-corrected chi connectivity index (χ3v) is 3.12. The largest absolute Gasteiger partial charge is 0.493 e. The fraction of sp³-hybridized carbons (Fsp3) is 0.400. The first-order valence-corrected chi connectivity index (χ1v) is 6.99. The Kier molecular flexibility index (Phi) is 5.04. The third kappa shape index (κ3) is 3.52. The van der Waals surface area contributed by atoms with Gasteiger partial charge in [0, 0.05) is 18.0 Å². The van der Waals surface area contributed by atoms with Gasteiger partial charge in [0.05, 0.1) is 17.1 Å². The van der Waals surface area contributed by atoms with Gasteiger partial charge >= 0.3 is 0 Å². The number of aromatic nitrogens is 1. The molecule has 0 N–H and O–H groups in total. The number of halogens is 1. The molecule has 0 saturated carbocycles. The molecule has 0 aliphatic heterocycles. The van der Waals surface area contributed by atoms with Crippen LogP contribution in [-0.4, -0.2) is 43.7 Å². The molecule has 4 nitrogen and oxygen atoms in total. The Balaban J connectivity index is 2.33. The molecule has 0 fully saturated rings. The first kappa shape index (κ1) is 14.9. The molecule has 5 heteroatoms. The van der Waals surface area contributed by atoms with E-state index in [-0.39, 0.29) is 0 Å². The van der Waals surface area contributed by atoms with E-state index in [9.17, 15) is 0 Å². The van der Waals surface area contributed by atoms with Gasteiger partial charge in [-0.2, -0.15) is 0 Å². The van der Waals surface area contributed by atoms with Crippen molar-refractivity contribution in [1.82, 2.24) is 9.88 Å². The van der Waals surface area contributed by atoms with Crippen LogP contribution < -0.4 is 9.47 Å². The lowest BCUT2D eigenvalue weighted by atomic mass is 10.2. The number of para-hydroxylation sites is 1. The normalized spacial score (nSPS) is 11.1. The summed E-state index contributed by atoms with van der Waals surface area (Å²) >= 11 is 6.20. The maximum absolute atomic E-state index is 6.20. The highest BCUT2D eigenvalue weighted by molar-refractivity contribution is 6.35. The lowest BCUT2D eigenvalue weighted by Gasteiger charge is -2.13. The van der Waals surface area contributed by atoms with Crippen molar-refractivity contribution in [1.29, 1.82) is 0 Å². The van der Waals surface area contributed by atoms with Crippen molar-refractivity contribution in [3.8, 4) is 11.6 Å². The summed E-state index contributed by atoms with van der Waals surface area (Å²) in [5.74, 6) is 1.29. The van der Waals surface area contributed by atoms with E-state index in [1.165, 1.54) is 0 Å². The van der Waals surface area contributed by atoms with Crippen LogP contribution in [0.15, 0.2) is 24.3 Å². The van der Waals surface area contributed by atoms with Crippen LogP contribution in [0.5, 0.6) is 11.6 Å². The van der Waals surface area contributed by atoms with Gasteiger partial charge in [-0.05, 0) is 33.2 Å². The van der Waals surface area contributed by atoms with Crippen molar-refractivity contribution in [3.05, 3.63) is 29.3 Å². The molecule has 1 aromatic carbocycles. The summed E-state index contributed by atoms with van der Waals surface area (Å²) in [6.07, 6.45) is 0. The van der Waals surface area contributed by atoms with Gasteiger partial charge in [-0.25, -0.2) is 4.98 Å². The maximum Gasteiger partial charge on any atom is 0.217 e. The number of likely N-dealkylation sites (N-methyl/N-ethyl adjacent to an activating group) is 1. The third-order valence-electron chi connectivity index (χ3n) is 2.82. The molecule has 1 heterocycles. The van der Waals surface area contributed by atoms with Crippen LogP contribution in [-0.2, 0) is 0 Å². The molecular weight excluding hydrogens is 276 g/mol. The molecule has 0 aliphatic rings. The second-order valence-electron chi connectivity index (χ2n) is 4.68. The number of nitrogens with zero attached hydrogens (tertiary/aromatic N) is 2. The zero-order valence-electron chi connectivity index (χ0n) is 12.0. The smallest absolute Gasteiger partial charge is 0.217 e. The van der Waals surface area contributed by atoms with Crippen molar-refractivity contribution in [2.24, 2.45) is 0 Å². The lowest BCUT2D eigenvalue weighted by molar-refractivity contribution is 0.253. The van der Waals surface area contributed by atoms with E-state index >= 15 is 0 Å². The molecule has 0 aliphatic carbocycles. The zero-order valence-corrected chi connectivity index (χ0v) is 12.8. The van der Waals surface area contributed by atoms with Crippen LogP contribution >= 0.6 is 11.6 Å². The van der Waals surface area contributed by atoms with Crippen molar-refractivity contribution in [2.45, 2.75) is 6.92 Å². The summed E-state index contributed by atoms with van der Waals surface area (Å²) in [7, 11) is 4.00. The number of hydrogen-bond donors (Lipinski definition) is 0. The number of fused-ring (bicyclic) bond motifs is 1. The maximum atomic E-state index is 6.20. The number of ether oxygens (including phenoxy) is 2. The van der Waals surface area contributed by atoms with Crippen LogP contribution in [0.3, 0.4) is 0 Å². The van der Waals surface area contributed by atoms with Gasteiger partial charge < -0.3 is 14.4 Å². The van der Waals surface area contributed by atoms with Crippen molar-refractivity contribution >= 4 is 22.5 Å². The molecule has 20 heavy (non-hydrogen) atoms. The number of benzene rings is 1.